The fourth-order valence-corrected chi connectivity index (χ4v) is 3.78. The van der Waals surface area contributed by atoms with Gasteiger partial charge < -0.3 is 10.2 Å². The summed E-state index contributed by atoms with van der Waals surface area (Å²) >= 11 is 3.30. The molecule has 1 atom stereocenters. The molecule has 1 unspecified atom stereocenters. The van der Waals surface area contributed by atoms with Crippen molar-refractivity contribution in [3.8, 4) is 5.69 Å². The maximum Gasteiger partial charge on any atom is 0.274 e. The maximum absolute atomic E-state index is 13.0. The van der Waals surface area contributed by atoms with Crippen molar-refractivity contribution in [3.63, 3.8) is 0 Å². The van der Waals surface area contributed by atoms with Crippen molar-refractivity contribution in [2.45, 2.75) is 12.8 Å². The van der Waals surface area contributed by atoms with E-state index in [2.05, 4.69) is 31.3 Å². The molecular weight excluding hydrogens is 480 g/mol. The Hall–Kier alpha value is -3.60. The van der Waals surface area contributed by atoms with Crippen LogP contribution in [0, 0.1) is 16.0 Å². The number of nitrogens with zero attached hydrogens (tertiary/aromatic N) is 5. The van der Waals surface area contributed by atoms with Crippen molar-refractivity contribution in [1.82, 2.24) is 19.7 Å². The molecule has 32 heavy (non-hydrogen) atoms. The first kappa shape index (κ1) is 21.6. The zero-order valence-electron chi connectivity index (χ0n) is 16.8. The lowest BCUT2D eigenvalue weighted by atomic mass is 9.97. The van der Waals surface area contributed by atoms with Crippen LogP contribution in [0.2, 0.25) is 0 Å². The number of carbonyl (C=O) groups is 2. The van der Waals surface area contributed by atoms with Crippen molar-refractivity contribution < 1.29 is 14.5 Å². The molecule has 1 N–H and O–H groups in total. The van der Waals surface area contributed by atoms with Gasteiger partial charge in [0.05, 0.1) is 16.5 Å². The van der Waals surface area contributed by atoms with Crippen LogP contribution in [-0.2, 0) is 4.79 Å². The van der Waals surface area contributed by atoms with Crippen LogP contribution in [0.1, 0.15) is 23.3 Å². The van der Waals surface area contributed by atoms with Crippen molar-refractivity contribution in [2.75, 3.05) is 18.4 Å². The lowest BCUT2D eigenvalue weighted by Gasteiger charge is -2.31. The fraction of sp³-hybridized carbons (Fsp3) is 0.238. The molecule has 0 radical (unpaired) electrons. The van der Waals surface area contributed by atoms with E-state index in [4.69, 9.17) is 0 Å². The molecule has 1 fully saturated rings. The number of piperidine rings is 1. The second-order valence-electron chi connectivity index (χ2n) is 7.36. The number of nitrogens with one attached hydrogen (secondary N) is 1. The predicted molar refractivity (Wildman–Crippen MR) is 119 cm³/mol. The molecule has 2 amide bonds. The third kappa shape index (κ3) is 4.83. The molecule has 4 rings (SSSR count). The zero-order chi connectivity index (χ0) is 22.7. The number of non-ortho nitro benzene ring substituents is 1. The minimum Gasteiger partial charge on any atom is -0.336 e. The van der Waals surface area contributed by atoms with Crippen LogP contribution in [0.25, 0.3) is 5.69 Å². The molecule has 164 valence electrons. The molecule has 0 bridgehead atoms. The Balaban J connectivity index is 1.43. The van der Waals surface area contributed by atoms with Crippen LogP contribution >= 0.6 is 15.9 Å². The quantitative estimate of drug-likeness (QED) is 0.424. The van der Waals surface area contributed by atoms with Crippen molar-refractivity contribution in [2.24, 2.45) is 5.92 Å². The van der Waals surface area contributed by atoms with Gasteiger partial charge in [0.2, 0.25) is 5.91 Å². The Kier molecular flexibility index (Phi) is 6.26. The first-order valence-electron chi connectivity index (χ1n) is 9.93. The first-order chi connectivity index (χ1) is 15.4. The van der Waals surface area contributed by atoms with E-state index in [-0.39, 0.29) is 35.7 Å². The number of rotatable bonds is 5. The van der Waals surface area contributed by atoms with E-state index in [0.717, 1.165) is 4.47 Å². The number of amides is 2. The van der Waals surface area contributed by atoms with Gasteiger partial charge in [-0.3, -0.25) is 19.7 Å². The lowest BCUT2D eigenvalue weighted by Crippen LogP contribution is -2.44. The number of hydrogen-bond acceptors (Lipinski definition) is 6. The number of nitro benzene ring substituents is 1. The molecule has 3 aromatic rings. The van der Waals surface area contributed by atoms with Gasteiger partial charge in [-0.05, 0) is 53.0 Å². The summed E-state index contributed by atoms with van der Waals surface area (Å²) < 4.78 is 2.24. The van der Waals surface area contributed by atoms with E-state index >= 15 is 0 Å². The number of hydrogen-bond donors (Lipinski definition) is 1. The van der Waals surface area contributed by atoms with Gasteiger partial charge in [0.15, 0.2) is 5.69 Å². The molecule has 1 aromatic carbocycles. The molecule has 1 aliphatic heterocycles. The number of anilines is 1. The van der Waals surface area contributed by atoms with Gasteiger partial charge in [-0.1, -0.05) is 6.07 Å². The Morgan fingerprint density at radius 2 is 2.06 bits per heavy atom. The number of pyridine rings is 1. The summed E-state index contributed by atoms with van der Waals surface area (Å²) in [5, 5.41) is 18.1. The summed E-state index contributed by atoms with van der Waals surface area (Å²) in [7, 11) is 0. The third-order valence-corrected chi connectivity index (χ3v) is 5.64. The highest BCUT2D eigenvalue weighted by Crippen LogP contribution is 2.21. The Labute approximate surface area is 191 Å². The van der Waals surface area contributed by atoms with Crippen molar-refractivity contribution in [3.05, 3.63) is 75.1 Å². The number of aromatic nitrogens is 3. The van der Waals surface area contributed by atoms with E-state index in [0.29, 0.717) is 30.9 Å². The summed E-state index contributed by atoms with van der Waals surface area (Å²) in [6.07, 6.45) is 4.56. The highest BCUT2D eigenvalue weighted by Gasteiger charge is 2.30. The molecule has 2 aromatic heterocycles. The number of halogens is 1. The molecule has 1 aliphatic rings. The van der Waals surface area contributed by atoms with E-state index in [9.17, 15) is 19.7 Å². The highest BCUT2D eigenvalue weighted by molar-refractivity contribution is 9.10. The number of likely N-dealkylation sites (tertiary alicyclic amines) is 1. The molecule has 0 saturated carbocycles. The normalized spacial score (nSPS) is 15.9. The van der Waals surface area contributed by atoms with Crippen LogP contribution in [0.4, 0.5) is 11.5 Å². The van der Waals surface area contributed by atoms with Crippen LogP contribution in [0.5, 0.6) is 0 Å². The molecule has 3 heterocycles. The average molecular weight is 499 g/mol. The van der Waals surface area contributed by atoms with Gasteiger partial charge in [0.1, 0.15) is 5.82 Å². The van der Waals surface area contributed by atoms with Crippen LogP contribution in [0.15, 0.2) is 59.3 Å². The molecule has 10 nitrogen and oxygen atoms in total. The predicted octanol–water partition coefficient (Wildman–Crippen LogP) is 3.43. The van der Waals surface area contributed by atoms with E-state index in [1.807, 2.05) is 0 Å². The minimum atomic E-state index is -0.484. The number of carbonyl (C=O) groups excluding carboxylic acids is 2. The van der Waals surface area contributed by atoms with Gasteiger partial charge in [-0.2, -0.15) is 5.10 Å². The topological polar surface area (TPSA) is 123 Å². The van der Waals surface area contributed by atoms with Gasteiger partial charge >= 0.3 is 0 Å². The molecule has 0 aliphatic carbocycles. The largest absolute Gasteiger partial charge is 0.336 e. The van der Waals surface area contributed by atoms with Crippen molar-refractivity contribution in [1.29, 1.82) is 0 Å². The SMILES string of the molecule is O=C(Nc1ccc(Br)cn1)C1CCCN(C(=O)c2ccn(-c3cccc([N+](=O)[O-])c3)n2)C1. The van der Waals surface area contributed by atoms with E-state index < -0.39 is 4.92 Å². The van der Waals surface area contributed by atoms with Crippen molar-refractivity contribution >= 4 is 39.2 Å². The van der Waals surface area contributed by atoms with Gasteiger partial charge in [-0.15, -0.1) is 0 Å². The van der Waals surface area contributed by atoms with Crippen LogP contribution in [0.3, 0.4) is 0 Å². The maximum atomic E-state index is 13.0. The summed E-state index contributed by atoms with van der Waals surface area (Å²) in [5.74, 6) is -0.359. The Morgan fingerprint density at radius 3 is 2.81 bits per heavy atom. The summed E-state index contributed by atoms with van der Waals surface area (Å²) in [5.41, 5.74) is 0.638. The summed E-state index contributed by atoms with van der Waals surface area (Å²) in [4.78, 5) is 41.9. The van der Waals surface area contributed by atoms with E-state index in [1.54, 1.807) is 47.6 Å². The Bertz CT molecular complexity index is 1160. The van der Waals surface area contributed by atoms with Crippen LogP contribution in [-0.4, -0.2) is 49.5 Å². The smallest absolute Gasteiger partial charge is 0.274 e. The molecule has 1 saturated heterocycles. The van der Waals surface area contributed by atoms with Gasteiger partial charge in [0, 0.05) is 42.1 Å². The molecule has 0 spiro atoms. The highest BCUT2D eigenvalue weighted by atomic mass is 79.9. The monoisotopic (exact) mass is 498 g/mol. The van der Waals surface area contributed by atoms with E-state index in [1.165, 1.54) is 16.8 Å². The zero-order valence-corrected chi connectivity index (χ0v) is 18.4. The Morgan fingerprint density at radius 1 is 1.22 bits per heavy atom. The lowest BCUT2D eigenvalue weighted by molar-refractivity contribution is -0.384. The summed E-state index contributed by atoms with van der Waals surface area (Å²) in [6, 6.07) is 11.1. The van der Waals surface area contributed by atoms with Gasteiger partial charge in [-0.25, -0.2) is 9.67 Å². The fourth-order valence-electron chi connectivity index (χ4n) is 3.55. The molecule has 11 heteroatoms. The number of nitro groups is 1. The minimum absolute atomic E-state index is 0.0592. The molecular formula is C21H19BrN6O4. The second-order valence-corrected chi connectivity index (χ2v) is 8.28. The standard InChI is InChI=1S/C21H19BrN6O4/c22-15-6-7-19(23-12-15)24-20(29)14-3-2-9-26(13-14)21(30)18-8-10-27(25-18)16-4-1-5-17(11-16)28(31)32/h1,4-8,10-12,14H,2-3,9,13H2,(H,23,24,29). The summed E-state index contributed by atoms with van der Waals surface area (Å²) in [6.45, 7) is 0.813. The van der Waals surface area contributed by atoms with Gasteiger partial charge in [0.25, 0.3) is 11.6 Å². The first-order valence-corrected chi connectivity index (χ1v) is 10.7. The average Bonchev–Trinajstić information content (AvgIpc) is 3.30. The second kappa shape index (κ2) is 9.27. The number of benzene rings is 1. The van der Waals surface area contributed by atoms with Crippen LogP contribution < -0.4 is 5.32 Å². The third-order valence-electron chi connectivity index (χ3n) is 5.17.